The molecule has 34 heavy (non-hydrogen) atoms. The number of fused-ring (bicyclic) bond motifs is 1. The molecule has 0 heterocycles. The fraction of sp³-hybridized carbons (Fsp3) is 0.115. The molecule has 1 amide bonds. The number of amides is 1. The van der Waals surface area contributed by atoms with Crippen molar-refractivity contribution in [2.45, 2.75) is 11.8 Å². The fourth-order valence-electron chi connectivity index (χ4n) is 3.49. The Bertz CT molecular complexity index is 1430. The van der Waals surface area contributed by atoms with E-state index in [2.05, 4.69) is 10.0 Å². The minimum atomic E-state index is -4.00. The van der Waals surface area contributed by atoms with E-state index in [0.29, 0.717) is 29.3 Å². The molecule has 2 N–H and O–H groups in total. The van der Waals surface area contributed by atoms with Crippen molar-refractivity contribution >= 4 is 38.1 Å². The molecule has 174 valence electrons. The fourth-order valence-corrected chi connectivity index (χ4v) is 4.75. The van der Waals surface area contributed by atoms with Crippen molar-refractivity contribution in [3.63, 3.8) is 0 Å². The Morgan fingerprint density at radius 1 is 0.853 bits per heavy atom. The van der Waals surface area contributed by atoms with Gasteiger partial charge >= 0.3 is 0 Å². The Balaban J connectivity index is 1.58. The first kappa shape index (κ1) is 23.1. The van der Waals surface area contributed by atoms with Crippen molar-refractivity contribution in [2.75, 3.05) is 23.8 Å². The molecule has 0 fully saturated rings. The average molecular weight is 477 g/mol. The molecule has 0 bridgehead atoms. The van der Waals surface area contributed by atoms with Gasteiger partial charge in [-0.2, -0.15) is 0 Å². The molecule has 0 aliphatic carbocycles. The van der Waals surface area contributed by atoms with Gasteiger partial charge in [0.25, 0.3) is 15.9 Å². The molecule has 8 heteroatoms. The number of rotatable bonds is 8. The van der Waals surface area contributed by atoms with Gasteiger partial charge in [-0.05, 0) is 72.3 Å². The van der Waals surface area contributed by atoms with Gasteiger partial charge in [0, 0.05) is 16.9 Å². The Hall–Kier alpha value is -4.04. The summed E-state index contributed by atoms with van der Waals surface area (Å²) in [5.41, 5.74) is 1.16. The Morgan fingerprint density at radius 3 is 2.26 bits per heavy atom. The zero-order chi connectivity index (χ0) is 24.1. The van der Waals surface area contributed by atoms with Gasteiger partial charge in [-0.3, -0.25) is 9.52 Å². The first-order valence-electron chi connectivity index (χ1n) is 10.6. The molecule has 0 saturated carbocycles. The van der Waals surface area contributed by atoms with Crippen molar-refractivity contribution in [2.24, 2.45) is 0 Å². The summed E-state index contributed by atoms with van der Waals surface area (Å²) in [6.07, 6.45) is 0. The first-order chi connectivity index (χ1) is 16.4. The van der Waals surface area contributed by atoms with Crippen LogP contribution in [0.4, 0.5) is 11.4 Å². The summed E-state index contributed by atoms with van der Waals surface area (Å²) in [5.74, 6) is 0.447. The third kappa shape index (κ3) is 5.13. The van der Waals surface area contributed by atoms with Crippen LogP contribution in [0.25, 0.3) is 10.8 Å². The van der Waals surface area contributed by atoms with E-state index in [9.17, 15) is 13.2 Å². The first-order valence-corrected chi connectivity index (χ1v) is 12.1. The van der Waals surface area contributed by atoms with E-state index in [1.165, 1.54) is 19.2 Å². The quantitative estimate of drug-likeness (QED) is 0.360. The van der Waals surface area contributed by atoms with E-state index < -0.39 is 10.0 Å². The van der Waals surface area contributed by atoms with Crippen LogP contribution in [0.1, 0.15) is 17.3 Å². The molecule has 4 aromatic rings. The zero-order valence-corrected chi connectivity index (χ0v) is 19.6. The number of methoxy groups -OCH3 is 1. The van der Waals surface area contributed by atoms with Crippen LogP contribution in [0.3, 0.4) is 0 Å². The van der Waals surface area contributed by atoms with Gasteiger partial charge in [0.1, 0.15) is 16.4 Å². The standard InChI is InChI=1S/C26H24N2O5S/c1-3-33-23-13-10-21(11-14-23)28-34(30,31)25-17-22(12-15-24(25)32-2)27-26(29)20-9-8-18-6-4-5-7-19(18)16-20/h4-17,28H,3H2,1-2H3,(H,27,29). The van der Waals surface area contributed by atoms with E-state index in [1.807, 2.05) is 37.3 Å². The molecular weight excluding hydrogens is 452 g/mol. The maximum atomic E-state index is 13.1. The number of benzene rings is 4. The van der Waals surface area contributed by atoms with E-state index in [-0.39, 0.29) is 16.6 Å². The van der Waals surface area contributed by atoms with Crippen LogP contribution in [0.15, 0.2) is 89.8 Å². The number of ether oxygens (including phenoxy) is 2. The number of hydrogen-bond acceptors (Lipinski definition) is 5. The van der Waals surface area contributed by atoms with Crippen LogP contribution in [0.5, 0.6) is 11.5 Å². The number of hydrogen-bond donors (Lipinski definition) is 2. The topological polar surface area (TPSA) is 93.7 Å². The number of anilines is 2. The number of carbonyl (C=O) groups excluding carboxylic acids is 1. The average Bonchev–Trinajstić information content (AvgIpc) is 2.85. The summed E-state index contributed by atoms with van der Waals surface area (Å²) < 4.78 is 39.4. The van der Waals surface area contributed by atoms with Crippen molar-refractivity contribution < 1.29 is 22.7 Å². The zero-order valence-electron chi connectivity index (χ0n) is 18.7. The molecule has 0 aromatic heterocycles. The lowest BCUT2D eigenvalue weighted by Crippen LogP contribution is -2.16. The highest BCUT2D eigenvalue weighted by atomic mass is 32.2. The van der Waals surface area contributed by atoms with Crippen molar-refractivity contribution in [3.05, 3.63) is 90.5 Å². The lowest BCUT2D eigenvalue weighted by Gasteiger charge is -2.14. The second-order valence-corrected chi connectivity index (χ2v) is 9.10. The van der Waals surface area contributed by atoms with Gasteiger partial charge in [-0.25, -0.2) is 8.42 Å². The van der Waals surface area contributed by atoms with E-state index >= 15 is 0 Å². The summed E-state index contributed by atoms with van der Waals surface area (Å²) in [4.78, 5) is 12.7. The van der Waals surface area contributed by atoms with Crippen molar-refractivity contribution in [1.29, 1.82) is 0 Å². The molecular formula is C26H24N2O5S. The predicted molar refractivity (Wildman–Crippen MR) is 133 cm³/mol. The maximum Gasteiger partial charge on any atom is 0.265 e. The van der Waals surface area contributed by atoms with E-state index in [0.717, 1.165) is 10.8 Å². The minimum absolute atomic E-state index is 0.0970. The second kappa shape index (κ2) is 9.84. The monoisotopic (exact) mass is 476 g/mol. The molecule has 0 aliphatic rings. The molecule has 0 atom stereocenters. The van der Waals surface area contributed by atoms with Gasteiger partial charge in [-0.1, -0.05) is 30.3 Å². The molecule has 0 saturated heterocycles. The van der Waals surface area contributed by atoms with Gasteiger partial charge in [0.2, 0.25) is 0 Å². The summed E-state index contributed by atoms with van der Waals surface area (Å²) in [6.45, 7) is 2.38. The molecule has 0 radical (unpaired) electrons. The number of sulfonamides is 1. The predicted octanol–water partition coefficient (Wildman–Crippen LogP) is 5.30. The Kier molecular flexibility index (Phi) is 6.70. The van der Waals surface area contributed by atoms with Crippen LogP contribution in [0.2, 0.25) is 0 Å². The van der Waals surface area contributed by atoms with Crippen LogP contribution in [-0.4, -0.2) is 28.0 Å². The summed E-state index contributed by atoms with van der Waals surface area (Å²) in [6, 6.07) is 24.2. The molecule has 0 aliphatic heterocycles. The smallest absolute Gasteiger partial charge is 0.265 e. The lowest BCUT2D eigenvalue weighted by molar-refractivity contribution is 0.102. The molecule has 4 aromatic carbocycles. The SMILES string of the molecule is CCOc1ccc(NS(=O)(=O)c2cc(NC(=O)c3ccc4ccccc4c3)ccc2OC)cc1. The Morgan fingerprint density at radius 2 is 1.56 bits per heavy atom. The molecule has 0 spiro atoms. The molecule has 0 unspecified atom stereocenters. The van der Waals surface area contributed by atoms with Crippen molar-refractivity contribution in [1.82, 2.24) is 0 Å². The third-order valence-electron chi connectivity index (χ3n) is 5.14. The van der Waals surface area contributed by atoms with Crippen LogP contribution in [-0.2, 0) is 10.0 Å². The van der Waals surface area contributed by atoms with Crippen LogP contribution < -0.4 is 19.5 Å². The second-order valence-electron chi connectivity index (χ2n) is 7.44. The minimum Gasteiger partial charge on any atom is -0.495 e. The van der Waals surface area contributed by atoms with Crippen LogP contribution in [0, 0.1) is 0 Å². The van der Waals surface area contributed by atoms with E-state index in [4.69, 9.17) is 9.47 Å². The summed E-state index contributed by atoms with van der Waals surface area (Å²) in [5, 5.41) is 4.73. The molecule has 7 nitrogen and oxygen atoms in total. The van der Waals surface area contributed by atoms with E-state index in [1.54, 1.807) is 42.5 Å². The normalized spacial score (nSPS) is 11.1. The number of nitrogens with one attached hydrogen (secondary N) is 2. The van der Waals surface area contributed by atoms with Gasteiger partial charge in [0.05, 0.1) is 13.7 Å². The molecule has 4 rings (SSSR count). The largest absolute Gasteiger partial charge is 0.495 e. The summed E-state index contributed by atoms with van der Waals surface area (Å²) in [7, 11) is -2.61. The maximum absolute atomic E-state index is 13.1. The van der Waals surface area contributed by atoms with Gasteiger partial charge < -0.3 is 14.8 Å². The van der Waals surface area contributed by atoms with Gasteiger partial charge in [0.15, 0.2) is 0 Å². The Labute approximate surface area is 198 Å². The van der Waals surface area contributed by atoms with Crippen molar-refractivity contribution in [3.8, 4) is 11.5 Å². The number of carbonyl (C=O) groups is 1. The highest BCUT2D eigenvalue weighted by Crippen LogP contribution is 2.30. The summed E-state index contributed by atoms with van der Waals surface area (Å²) >= 11 is 0. The van der Waals surface area contributed by atoms with Gasteiger partial charge in [-0.15, -0.1) is 0 Å². The third-order valence-corrected chi connectivity index (χ3v) is 6.54. The highest BCUT2D eigenvalue weighted by molar-refractivity contribution is 7.92. The lowest BCUT2D eigenvalue weighted by atomic mass is 10.1. The highest BCUT2D eigenvalue weighted by Gasteiger charge is 2.21. The van der Waals surface area contributed by atoms with Crippen LogP contribution >= 0.6 is 0 Å².